The van der Waals surface area contributed by atoms with Gasteiger partial charge in [0.05, 0.1) is 20.3 Å². The van der Waals surface area contributed by atoms with Crippen LogP contribution in [0.2, 0.25) is 5.02 Å². The Bertz CT molecular complexity index is 986. The first-order valence-corrected chi connectivity index (χ1v) is 9.72. The van der Waals surface area contributed by atoms with E-state index in [1.165, 1.54) is 0 Å². The molecule has 0 aliphatic heterocycles. The van der Waals surface area contributed by atoms with Crippen molar-refractivity contribution < 1.29 is 14.3 Å². The van der Waals surface area contributed by atoms with E-state index in [4.69, 9.17) is 21.1 Å². The SMILES string of the molecule is COc1ccc(C(CC(=O)c2ccc(Cl)cc2)Nc2cccc(C)c2)cc1OC. The molecule has 29 heavy (non-hydrogen) atoms. The number of ether oxygens (including phenoxy) is 2. The van der Waals surface area contributed by atoms with E-state index >= 15 is 0 Å². The summed E-state index contributed by atoms with van der Waals surface area (Å²) in [5.74, 6) is 1.30. The van der Waals surface area contributed by atoms with Gasteiger partial charge in [0.1, 0.15) is 0 Å². The molecule has 0 radical (unpaired) electrons. The lowest BCUT2D eigenvalue weighted by Crippen LogP contribution is -2.16. The molecule has 0 aliphatic carbocycles. The molecule has 1 unspecified atom stereocenters. The van der Waals surface area contributed by atoms with Gasteiger partial charge in [0.25, 0.3) is 0 Å². The van der Waals surface area contributed by atoms with Crippen molar-refractivity contribution >= 4 is 23.1 Å². The fourth-order valence-electron chi connectivity index (χ4n) is 3.20. The number of nitrogens with one attached hydrogen (secondary N) is 1. The smallest absolute Gasteiger partial charge is 0.165 e. The summed E-state index contributed by atoms with van der Waals surface area (Å²) in [5, 5.41) is 4.10. The summed E-state index contributed by atoms with van der Waals surface area (Å²) in [6.45, 7) is 2.04. The zero-order chi connectivity index (χ0) is 20.8. The number of benzene rings is 3. The van der Waals surface area contributed by atoms with Crippen LogP contribution in [0, 0.1) is 6.92 Å². The second kappa shape index (κ2) is 9.48. The van der Waals surface area contributed by atoms with Crippen LogP contribution in [0.5, 0.6) is 11.5 Å². The Morgan fingerprint density at radius 1 is 0.966 bits per heavy atom. The van der Waals surface area contributed by atoms with Crippen LogP contribution < -0.4 is 14.8 Å². The van der Waals surface area contributed by atoms with E-state index in [0.29, 0.717) is 22.1 Å². The highest BCUT2D eigenvalue weighted by Crippen LogP contribution is 2.33. The Hall–Kier alpha value is -2.98. The van der Waals surface area contributed by atoms with Crippen LogP contribution in [0.25, 0.3) is 0 Å². The summed E-state index contributed by atoms with van der Waals surface area (Å²) in [4.78, 5) is 12.9. The molecule has 1 atom stereocenters. The highest BCUT2D eigenvalue weighted by Gasteiger charge is 2.19. The van der Waals surface area contributed by atoms with Gasteiger partial charge in [-0.3, -0.25) is 4.79 Å². The van der Waals surface area contributed by atoms with Crippen molar-refractivity contribution in [3.8, 4) is 11.5 Å². The predicted octanol–water partition coefficient (Wildman–Crippen LogP) is 6.09. The molecule has 0 heterocycles. The molecule has 0 bridgehead atoms. The molecule has 4 nitrogen and oxygen atoms in total. The predicted molar refractivity (Wildman–Crippen MR) is 117 cm³/mol. The van der Waals surface area contributed by atoms with Gasteiger partial charge in [0, 0.05) is 22.7 Å². The molecular weight excluding hydrogens is 386 g/mol. The Morgan fingerprint density at radius 2 is 1.69 bits per heavy atom. The molecule has 0 aliphatic rings. The molecule has 0 saturated carbocycles. The maximum Gasteiger partial charge on any atom is 0.165 e. The molecule has 3 rings (SSSR count). The molecule has 0 spiro atoms. The van der Waals surface area contributed by atoms with Crippen molar-refractivity contribution in [3.05, 3.63) is 88.4 Å². The first-order valence-electron chi connectivity index (χ1n) is 9.34. The van der Waals surface area contributed by atoms with E-state index in [2.05, 4.69) is 11.4 Å². The summed E-state index contributed by atoms with van der Waals surface area (Å²) in [6, 6.07) is 20.5. The second-order valence-corrected chi connectivity index (χ2v) is 7.25. The third-order valence-electron chi connectivity index (χ3n) is 4.72. The van der Waals surface area contributed by atoms with Gasteiger partial charge in [-0.05, 0) is 66.6 Å². The van der Waals surface area contributed by atoms with Crippen molar-refractivity contribution in [2.24, 2.45) is 0 Å². The van der Waals surface area contributed by atoms with E-state index in [0.717, 1.165) is 16.8 Å². The summed E-state index contributed by atoms with van der Waals surface area (Å²) in [5.41, 5.74) is 3.66. The van der Waals surface area contributed by atoms with Crippen LogP contribution >= 0.6 is 11.6 Å². The number of rotatable bonds is 8. The van der Waals surface area contributed by atoms with Gasteiger partial charge in [0.2, 0.25) is 0 Å². The fourth-order valence-corrected chi connectivity index (χ4v) is 3.32. The third-order valence-corrected chi connectivity index (χ3v) is 4.98. The Balaban J connectivity index is 1.92. The van der Waals surface area contributed by atoms with Gasteiger partial charge in [-0.2, -0.15) is 0 Å². The van der Waals surface area contributed by atoms with Crippen molar-refractivity contribution in [1.82, 2.24) is 0 Å². The lowest BCUT2D eigenvalue weighted by molar-refractivity contribution is 0.0976. The molecule has 0 saturated heterocycles. The Kier molecular flexibility index (Phi) is 6.78. The summed E-state index contributed by atoms with van der Waals surface area (Å²) in [6.07, 6.45) is 0.283. The molecule has 0 aromatic heterocycles. The third kappa shape index (κ3) is 5.30. The summed E-state index contributed by atoms with van der Waals surface area (Å²) >= 11 is 5.95. The molecular formula is C24H24ClNO3. The van der Waals surface area contributed by atoms with E-state index in [-0.39, 0.29) is 18.2 Å². The van der Waals surface area contributed by atoms with Crippen molar-refractivity contribution in [3.63, 3.8) is 0 Å². The number of carbonyl (C=O) groups excluding carboxylic acids is 1. The number of carbonyl (C=O) groups is 1. The standard InChI is InChI=1S/C24H24ClNO3/c1-16-5-4-6-20(13-16)26-21(15-22(27)17-7-10-19(25)11-8-17)18-9-12-23(28-2)24(14-18)29-3/h4-14,21,26H,15H2,1-3H3. The quantitative estimate of drug-likeness (QED) is 0.457. The Morgan fingerprint density at radius 3 is 2.34 bits per heavy atom. The number of aryl methyl sites for hydroxylation is 1. The monoisotopic (exact) mass is 409 g/mol. The van der Waals surface area contributed by atoms with Crippen LogP contribution in [0.1, 0.15) is 33.9 Å². The molecule has 1 N–H and O–H groups in total. The number of hydrogen-bond donors (Lipinski definition) is 1. The van der Waals surface area contributed by atoms with E-state index in [1.54, 1.807) is 38.5 Å². The van der Waals surface area contributed by atoms with Gasteiger partial charge in [-0.1, -0.05) is 29.8 Å². The number of Topliss-reactive ketones (excluding diaryl/α,β-unsaturated/α-hetero) is 1. The largest absolute Gasteiger partial charge is 0.493 e. The van der Waals surface area contributed by atoms with Gasteiger partial charge < -0.3 is 14.8 Å². The highest BCUT2D eigenvalue weighted by atomic mass is 35.5. The second-order valence-electron chi connectivity index (χ2n) is 6.82. The highest BCUT2D eigenvalue weighted by molar-refractivity contribution is 6.30. The number of hydrogen-bond acceptors (Lipinski definition) is 4. The molecule has 0 amide bonds. The van der Waals surface area contributed by atoms with Crippen LogP contribution in [0.4, 0.5) is 5.69 Å². The van der Waals surface area contributed by atoms with Crippen LogP contribution in [-0.4, -0.2) is 20.0 Å². The fraction of sp³-hybridized carbons (Fsp3) is 0.208. The molecule has 5 heteroatoms. The first-order chi connectivity index (χ1) is 14.0. The van der Waals surface area contributed by atoms with E-state index in [1.807, 2.05) is 43.3 Å². The number of halogens is 1. The zero-order valence-electron chi connectivity index (χ0n) is 16.7. The minimum atomic E-state index is -0.236. The molecule has 150 valence electrons. The summed E-state index contributed by atoms with van der Waals surface area (Å²) in [7, 11) is 3.20. The summed E-state index contributed by atoms with van der Waals surface area (Å²) < 4.78 is 10.8. The molecule has 3 aromatic carbocycles. The van der Waals surface area contributed by atoms with Gasteiger partial charge in [-0.15, -0.1) is 0 Å². The van der Waals surface area contributed by atoms with Crippen LogP contribution in [-0.2, 0) is 0 Å². The maximum absolute atomic E-state index is 12.9. The van der Waals surface area contributed by atoms with Crippen molar-refractivity contribution in [2.45, 2.75) is 19.4 Å². The average molecular weight is 410 g/mol. The maximum atomic E-state index is 12.9. The lowest BCUT2D eigenvalue weighted by Gasteiger charge is -2.21. The van der Waals surface area contributed by atoms with Gasteiger partial charge in [0.15, 0.2) is 17.3 Å². The normalized spacial score (nSPS) is 11.6. The zero-order valence-corrected chi connectivity index (χ0v) is 17.5. The van der Waals surface area contributed by atoms with Crippen LogP contribution in [0.3, 0.4) is 0 Å². The van der Waals surface area contributed by atoms with E-state index < -0.39 is 0 Å². The minimum Gasteiger partial charge on any atom is -0.493 e. The number of ketones is 1. The van der Waals surface area contributed by atoms with Crippen molar-refractivity contribution in [2.75, 3.05) is 19.5 Å². The first kappa shape index (κ1) is 20.7. The van der Waals surface area contributed by atoms with Crippen LogP contribution in [0.15, 0.2) is 66.7 Å². The number of anilines is 1. The van der Waals surface area contributed by atoms with Crippen molar-refractivity contribution in [1.29, 1.82) is 0 Å². The molecule has 3 aromatic rings. The topological polar surface area (TPSA) is 47.6 Å². The van der Waals surface area contributed by atoms with Gasteiger partial charge >= 0.3 is 0 Å². The average Bonchev–Trinajstić information content (AvgIpc) is 2.73. The van der Waals surface area contributed by atoms with E-state index in [9.17, 15) is 4.79 Å². The van der Waals surface area contributed by atoms with Gasteiger partial charge in [-0.25, -0.2) is 0 Å². The molecule has 0 fully saturated rings. The minimum absolute atomic E-state index is 0.0293. The Labute approximate surface area is 176 Å². The lowest BCUT2D eigenvalue weighted by atomic mass is 9.97. The number of methoxy groups -OCH3 is 2.